The largest absolute Gasteiger partial charge is 0.385 e. The lowest BCUT2D eigenvalue weighted by Crippen LogP contribution is -2.25. The Balaban J connectivity index is 2.47. The predicted molar refractivity (Wildman–Crippen MR) is 70.5 cm³/mol. The van der Waals surface area contributed by atoms with Gasteiger partial charge < -0.3 is 15.2 Å². The molecule has 0 saturated heterocycles. The molecule has 0 aliphatic carbocycles. The second-order valence-electron chi connectivity index (χ2n) is 5.04. The summed E-state index contributed by atoms with van der Waals surface area (Å²) in [4.78, 5) is 4.48. The number of rotatable bonds is 6. The summed E-state index contributed by atoms with van der Waals surface area (Å²) in [5, 5.41) is 16.1. The first-order valence-electron chi connectivity index (χ1n) is 5.78. The Morgan fingerprint density at radius 2 is 2.24 bits per heavy atom. The maximum atomic E-state index is 9.94. The summed E-state index contributed by atoms with van der Waals surface area (Å²) in [5.74, 6) is 0. The minimum absolute atomic E-state index is 0.0477. The summed E-state index contributed by atoms with van der Waals surface area (Å²) in [6, 6.07) is 0. The van der Waals surface area contributed by atoms with Crippen molar-refractivity contribution in [1.82, 2.24) is 10.3 Å². The molecule has 0 saturated carbocycles. The van der Waals surface area contributed by atoms with E-state index in [9.17, 15) is 5.11 Å². The molecule has 0 radical (unpaired) electrons. The second kappa shape index (κ2) is 6.44. The van der Waals surface area contributed by atoms with Gasteiger partial charge in [-0.05, 0) is 0 Å². The van der Waals surface area contributed by atoms with Crippen LogP contribution in [0.3, 0.4) is 0 Å². The molecular formula is C12H22N2O2S. The van der Waals surface area contributed by atoms with E-state index in [1.54, 1.807) is 18.4 Å². The summed E-state index contributed by atoms with van der Waals surface area (Å²) in [5.41, 5.74) is 0.802. The zero-order valence-electron chi connectivity index (χ0n) is 11.0. The fraction of sp³-hybridized carbons (Fsp3) is 0.750. The Kier molecular flexibility index (Phi) is 5.52. The van der Waals surface area contributed by atoms with Gasteiger partial charge in [0.25, 0.3) is 0 Å². The zero-order chi connectivity index (χ0) is 12.9. The van der Waals surface area contributed by atoms with Crippen molar-refractivity contribution < 1.29 is 9.84 Å². The average Bonchev–Trinajstić information content (AvgIpc) is 2.72. The van der Waals surface area contributed by atoms with E-state index in [0.29, 0.717) is 13.2 Å². The molecule has 2 N–H and O–H groups in total. The predicted octanol–water partition coefficient (Wildman–Crippen LogP) is 1.71. The van der Waals surface area contributed by atoms with E-state index in [4.69, 9.17) is 4.74 Å². The highest BCUT2D eigenvalue weighted by Gasteiger charge is 2.20. The fourth-order valence-electron chi connectivity index (χ4n) is 1.30. The number of hydrogen-bond donors (Lipinski definition) is 2. The number of ether oxygens (including phenoxy) is 1. The molecule has 1 atom stereocenters. The van der Waals surface area contributed by atoms with Crippen molar-refractivity contribution in [2.45, 2.75) is 32.3 Å². The highest BCUT2D eigenvalue weighted by atomic mass is 32.1. The van der Waals surface area contributed by atoms with Crippen molar-refractivity contribution >= 4 is 11.3 Å². The Morgan fingerprint density at radius 3 is 2.76 bits per heavy atom. The molecule has 1 aromatic rings. The van der Waals surface area contributed by atoms with Crippen molar-refractivity contribution in [2.24, 2.45) is 0 Å². The van der Waals surface area contributed by atoms with E-state index >= 15 is 0 Å². The molecule has 0 spiro atoms. The number of nitrogens with one attached hydrogen (secondary N) is 1. The molecule has 1 aromatic heterocycles. The molecule has 1 rings (SSSR count). The van der Waals surface area contributed by atoms with Crippen molar-refractivity contribution in [3.8, 4) is 0 Å². The van der Waals surface area contributed by atoms with Crippen LogP contribution in [0, 0.1) is 0 Å². The molecule has 1 heterocycles. The van der Waals surface area contributed by atoms with Crippen LogP contribution in [0.15, 0.2) is 5.38 Å². The SMILES string of the molecule is COCCNCC(O)c1csc(C(C)(C)C)n1. The lowest BCUT2D eigenvalue weighted by Gasteiger charge is -2.14. The Labute approximate surface area is 107 Å². The van der Waals surface area contributed by atoms with E-state index in [-0.39, 0.29) is 5.41 Å². The zero-order valence-corrected chi connectivity index (χ0v) is 11.8. The van der Waals surface area contributed by atoms with E-state index in [2.05, 4.69) is 31.1 Å². The highest BCUT2D eigenvalue weighted by molar-refractivity contribution is 7.09. The molecule has 0 fully saturated rings. The Bertz CT molecular complexity index is 333. The van der Waals surface area contributed by atoms with Gasteiger partial charge in [0.2, 0.25) is 0 Å². The highest BCUT2D eigenvalue weighted by Crippen LogP contribution is 2.27. The quantitative estimate of drug-likeness (QED) is 0.763. The third kappa shape index (κ3) is 4.71. The minimum Gasteiger partial charge on any atom is -0.385 e. The number of methoxy groups -OCH3 is 1. The van der Waals surface area contributed by atoms with Gasteiger partial charge >= 0.3 is 0 Å². The smallest absolute Gasteiger partial charge is 0.109 e. The summed E-state index contributed by atoms with van der Waals surface area (Å²) in [6.45, 7) is 8.27. The number of aliphatic hydroxyl groups is 1. The van der Waals surface area contributed by atoms with E-state index in [0.717, 1.165) is 17.2 Å². The third-order valence-corrected chi connectivity index (χ3v) is 3.61. The number of hydrogen-bond acceptors (Lipinski definition) is 5. The van der Waals surface area contributed by atoms with Crippen LogP contribution >= 0.6 is 11.3 Å². The van der Waals surface area contributed by atoms with Gasteiger partial charge in [-0.25, -0.2) is 4.98 Å². The summed E-state index contributed by atoms with van der Waals surface area (Å²) in [6.07, 6.45) is -0.542. The van der Waals surface area contributed by atoms with Gasteiger partial charge in [-0.15, -0.1) is 11.3 Å². The van der Waals surface area contributed by atoms with E-state index < -0.39 is 6.10 Å². The van der Waals surface area contributed by atoms with Gasteiger partial charge in [0.1, 0.15) is 6.10 Å². The summed E-state index contributed by atoms with van der Waals surface area (Å²) >= 11 is 1.60. The standard InChI is InChI=1S/C12H22N2O2S/c1-12(2,3)11-14-9(8-17-11)10(15)7-13-5-6-16-4/h8,10,13,15H,5-7H2,1-4H3. The third-order valence-electron chi connectivity index (χ3n) is 2.33. The van der Waals surface area contributed by atoms with Crippen LogP contribution in [-0.4, -0.2) is 36.9 Å². The van der Waals surface area contributed by atoms with Gasteiger partial charge in [0.15, 0.2) is 0 Å². The molecule has 98 valence electrons. The van der Waals surface area contributed by atoms with Crippen LogP contribution in [0.2, 0.25) is 0 Å². The van der Waals surface area contributed by atoms with Crippen molar-refractivity contribution in [1.29, 1.82) is 0 Å². The van der Waals surface area contributed by atoms with Crippen molar-refractivity contribution in [3.63, 3.8) is 0 Å². The molecule has 0 aliphatic rings. The van der Waals surface area contributed by atoms with Crippen LogP contribution in [0.5, 0.6) is 0 Å². The van der Waals surface area contributed by atoms with Crippen LogP contribution in [-0.2, 0) is 10.2 Å². The maximum Gasteiger partial charge on any atom is 0.109 e. The van der Waals surface area contributed by atoms with Crippen LogP contribution in [0.4, 0.5) is 0 Å². The van der Waals surface area contributed by atoms with E-state index in [1.807, 2.05) is 5.38 Å². The monoisotopic (exact) mass is 258 g/mol. The molecule has 4 nitrogen and oxygen atoms in total. The molecule has 5 heteroatoms. The number of nitrogens with zero attached hydrogens (tertiary/aromatic N) is 1. The lowest BCUT2D eigenvalue weighted by molar-refractivity contribution is 0.158. The molecule has 1 unspecified atom stereocenters. The Hall–Kier alpha value is -0.490. The van der Waals surface area contributed by atoms with Crippen LogP contribution < -0.4 is 5.32 Å². The molecule has 0 amide bonds. The second-order valence-corrected chi connectivity index (χ2v) is 5.90. The summed E-state index contributed by atoms with van der Waals surface area (Å²) < 4.78 is 4.92. The maximum absolute atomic E-state index is 9.94. The first kappa shape index (κ1) is 14.6. The Morgan fingerprint density at radius 1 is 1.53 bits per heavy atom. The van der Waals surface area contributed by atoms with E-state index in [1.165, 1.54) is 0 Å². The molecule has 17 heavy (non-hydrogen) atoms. The van der Waals surface area contributed by atoms with Gasteiger partial charge in [-0.1, -0.05) is 20.8 Å². The summed E-state index contributed by atoms with van der Waals surface area (Å²) in [7, 11) is 1.66. The topological polar surface area (TPSA) is 54.4 Å². The van der Waals surface area contributed by atoms with Crippen molar-refractivity contribution in [3.05, 3.63) is 16.1 Å². The molecule has 0 aromatic carbocycles. The van der Waals surface area contributed by atoms with Gasteiger partial charge in [-0.3, -0.25) is 0 Å². The number of aromatic nitrogens is 1. The lowest BCUT2D eigenvalue weighted by atomic mass is 9.98. The molecule has 0 bridgehead atoms. The van der Waals surface area contributed by atoms with Crippen LogP contribution in [0.1, 0.15) is 37.6 Å². The van der Waals surface area contributed by atoms with Gasteiger partial charge in [-0.2, -0.15) is 0 Å². The number of aliphatic hydroxyl groups excluding tert-OH is 1. The molecule has 0 aliphatic heterocycles. The van der Waals surface area contributed by atoms with Crippen molar-refractivity contribution in [2.75, 3.05) is 26.8 Å². The minimum atomic E-state index is -0.542. The average molecular weight is 258 g/mol. The first-order valence-corrected chi connectivity index (χ1v) is 6.66. The first-order chi connectivity index (χ1) is 7.95. The number of thiazole rings is 1. The normalized spacial score (nSPS) is 13.9. The molecular weight excluding hydrogens is 236 g/mol. The fourth-order valence-corrected chi connectivity index (χ4v) is 2.26. The van der Waals surface area contributed by atoms with Crippen LogP contribution in [0.25, 0.3) is 0 Å². The van der Waals surface area contributed by atoms with Gasteiger partial charge in [0.05, 0.1) is 17.3 Å². The van der Waals surface area contributed by atoms with Gasteiger partial charge in [0, 0.05) is 31.0 Å².